The van der Waals surface area contributed by atoms with Crippen molar-refractivity contribution in [2.45, 2.75) is 52.0 Å². The van der Waals surface area contributed by atoms with Gasteiger partial charge in [-0.15, -0.1) is 0 Å². The third-order valence-electron chi connectivity index (χ3n) is 4.84. The highest BCUT2D eigenvalue weighted by Crippen LogP contribution is 2.41. The molecule has 0 spiro atoms. The largest absolute Gasteiger partial charge is 0.493 e. The maximum absolute atomic E-state index is 5.94. The van der Waals surface area contributed by atoms with Crippen molar-refractivity contribution in [3.63, 3.8) is 0 Å². The topological polar surface area (TPSA) is 21.3 Å². The van der Waals surface area contributed by atoms with Gasteiger partial charge in [0.25, 0.3) is 0 Å². The normalized spacial score (nSPS) is 24.8. The molecule has 0 saturated heterocycles. The fraction of sp³-hybridized carbons (Fsp3) is 0.647. The van der Waals surface area contributed by atoms with Gasteiger partial charge in [0.2, 0.25) is 0 Å². The van der Waals surface area contributed by atoms with Gasteiger partial charge in [-0.05, 0) is 43.6 Å². The number of hydrogen-bond donors (Lipinski definition) is 1. The van der Waals surface area contributed by atoms with Crippen molar-refractivity contribution in [2.24, 2.45) is 5.41 Å². The van der Waals surface area contributed by atoms with Gasteiger partial charge in [-0.25, -0.2) is 0 Å². The van der Waals surface area contributed by atoms with Gasteiger partial charge in [0.15, 0.2) is 0 Å². The Balaban J connectivity index is 1.76. The molecule has 104 valence electrons. The number of rotatable bonds is 3. The first kappa shape index (κ1) is 13.0. The van der Waals surface area contributed by atoms with E-state index in [4.69, 9.17) is 4.74 Å². The number of benzene rings is 1. The lowest BCUT2D eigenvalue weighted by atomic mass is 9.70. The number of hydrogen-bond acceptors (Lipinski definition) is 2. The maximum Gasteiger partial charge on any atom is 0.126 e. The zero-order valence-corrected chi connectivity index (χ0v) is 12.2. The summed E-state index contributed by atoms with van der Waals surface area (Å²) in [6, 6.07) is 7.00. The van der Waals surface area contributed by atoms with Crippen molar-refractivity contribution in [3.8, 4) is 5.75 Å². The molecule has 0 aromatic heterocycles. The van der Waals surface area contributed by atoms with Crippen molar-refractivity contribution in [1.29, 1.82) is 0 Å². The number of ether oxygens (including phenoxy) is 1. The summed E-state index contributed by atoms with van der Waals surface area (Å²) in [7, 11) is 0. The van der Waals surface area contributed by atoms with Crippen LogP contribution >= 0.6 is 0 Å². The minimum absolute atomic E-state index is 0.467. The van der Waals surface area contributed by atoms with Crippen LogP contribution < -0.4 is 10.1 Å². The Hall–Kier alpha value is -1.02. The first-order valence-corrected chi connectivity index (χ1v) is 7.64. The smallest absolute Gasteiger partial charge is 0.126 e. The summed E-state index contributed by atoms with van der Waals surface area (Å²) in [6.07, 6.45) is 6.49. The van der Waals surface area contributed by atoms with E-state index in [9.17, 15) is 0 Å². The van der Waals surface area contributed by atoms with Crippen LogP contribution in [-0.4, -0.2) is 13.2 Å². The predicted molar refractivity (Wildman–Crippen MR) is 78.6 cm³/mol. The van der Waals surface area contributed by atoms with Crippen LogP contribution in [0, 0.1) is 12.3 Å². The summed E-state index contributed by atoms with van der Waals surface area (Å²) in [4.78, 5) is 0. The Labute approximate surface area is 116 Å². The standard InChI is InChI=1S/C17H25NO/c1-13-6-3-7-14-15(8-4-11-19-16(13)14)18-12-17(2)9-5-10-17/h3,6-7,15,18H,4-5,8-12H2,1-2H3. The Morgan fingerprint density at radius 3 is 2.89 bits per heavy atom. The van der Waals surface area contributed by atoms with Crippen molar-refractivity contribution < 1.29 is 4.74 Å². The summed E-state index contributed by atoms with van der Waals surface area (Å²) < 4.78 is 5.94. The van der Waals surface area contributed by atoms with Crippen LogP contribution in [0.25, 0.3) is 0 Å². The molecule has 1 aromatic rings. The summed E-state index contributed by atoms with van der Waals surface area (Å²) in [5, 5.41) is 3.81. The van der Waals surface area contributed by atoms with E-state index in [1.165, 1.54) is 36.8 Å². The molecule has 1 saturated carbocycles. The van der Waals surface area contributed by atoms with Crippen LogP contribution in [0.15, 0.2) is 18.2 Å². The second-order valence-corrected chi connectivity index (χ2v) is 6.58. The zero-order valence-electron chi connectivity index (χ0n) is 12.2. The van der Waals surface area contributed by atoms with E-state index in [0.29, 0.717) is 11.5 Å². The monoisotopic (exact) mass is 259 g/mol. The molecule has 1 aromatic carbocycles. The lowest BCUT2D eigenvalue weighted by molar-refractivity contribution is 0.150. The Kier molecular flexibility index (Phi) is 3.53. The van der Waals surface area contributed by atoms with E-state index in [1.807, 2.05) is 0 Å². The Bertz CT molecular complexity index is 451. The predicted octanol–water partition coefficient (Wildman–Crippen LogP) is 3.99. The van der Waals surface area contributed by atoms with Gasteiger partial charge in [0, 0.05) is 18.2 Å². The average Bonchev–Trinajstić information content (AvgIpc) is 2.58. The number of para-hydroxylation sites is 1. The SMILES string of the molecule is Cc1cccc2c1OCCCC2NCC1(C)CCC1. The molecular formula is C17H25NO. The highest BCUT2D eigenvalue weighted by atomic mass is 16.5. The van der Waals surface area contributed by atoms with Crippen molar-refractivity contribution >= 4 is 0 Å². The number of aryl methyl sites for hydroxylation is 1. The first-order chi connectivity index (χ1) is 9.18. The van der Waals surface area contributed by atoms with Gasteiger partial charge >= 0.3 is 0 Å². The summed E-state index contributed by atoms with van der Waals surface area (Å²) in [6.45, 7) is 6.56. The van der Waals surface area contributed by atoms with Gasteiger partial charge in [-0.3, -0.25) is 0 Å². The van der Waals surface area contributed by atoms with Crippen LogP contribution in [0.2, 0.25) is 0 Å². The van der Waals surface area contributed by atoms with E-state index in [2.05, 4.69) is 37.4 Å². The van der Waals surface area contributed by atoms with Crippen molar-refractivity contribution in [2.75, 3.05) is 13.2 Å². The maximum atomic E-state index is 5.94. The summed E-state index contributed by atoms with van der Waals surface area (Å²) >= 11 is 0. The molecule has 1 N–H and O–H groups in total. The molecule has 0 bridgehead atoms. The lowest BCUT2D eigenvalue weighted by Crippen LogP contribution is -2.38. The van der Waals surface area contributed by atoms with Gasteiger partial charge in [-0.2, -0.15) is 0 Å². The summed E-state index contributed by atoms with van der Waals surface area (Å²) in [5.74, 6) is 1.12. The highest BCUT2D eigenvalue weighted by molar-refractivity contribution is 5.43. The molecule has 0 radical (unpaired) electrons. The van der Waals surface area contributed by atoms with Gasteiger partial charge < -0.3 is 10.1 Å². The second kappa shape index (κ2) is 5.16. The quantitative estimate of drug-likeness (QED) is 0.886. The van der Waals surface area contributed by atoms with E-state index < -0.39 is 0 Å². The van der Waals surface area contributed by atoms with Crippen molar-refractivity contribution in [3.05, 3.63) is 29.3 Å². The number of nitrogens with one attached hydrogen (secondary N) is 1. The molecule has 2 nitrogen and oxygen atoms in total. The van der Waals surface area contributed by atoms with Crippen LogP contribution in [0.4, 0.5) is 0 Å². The van der Waals surface area contributed by atoms with Gasteiger partial charge in [-0.1, -0.05) is 31.5 Å². The van der Waals surface area contributed by atoms with Crippen LogP contribution in [0.5, 0.6) is 5.75 Å². The van der Waals surface area contributed by atoms with E-state index in [1.54, 1.807) is 0 Å². The molecule has 19 heavy (non-hydrogen) atoms. The molecule has 1 aliphatic heterocycles. The molecule has 1 aliphatic carbocycles. The highest BCUT2D eigenvalue weighted by Gasteiger charge is 2.32. The minimum atomic E-state index is 0.467. The Morgan fingerprint density at radius 2 is 2.16 bits per heavy atom. The van der Waals surface area contributed by atoms with Gasteiger partial charge in [0.1, 0.15) is 5.75 Å². The van der Waals surface area contributed by atoms with E-state index in [0.717, 1.165) is 25.3 Å². The molecule has 1 heterocycles. The second-order valence-electron chi connectivity index (χ2n) is 6.58. The molecule has 2 heteroatoms. The molecule has 1 atom stereocenters. The Morgan fingerprint density at radius 1 is 1.32 bits per heavy atom. The average molecular weight is 259 g/mol. The fourth-order valence-corrected chi connectivity index (χ4v) is 3.30. The molecule has 0 amide bonds. The van der Waals surface area contributed by atoms with E-state index in [-0.39, 0.29) is 0 Å². The summed E-state index contributed by atoms with van der Waals surface area (Å²) in [5.41, 5.74) is 3.17. The lowest BCUT2D eigenvalue weighted by Gasteiger charge is -2.39. The molecule has 3 rings (SSSR count). The molecular weight excluding hydrogens is 234 g/mol. The molecule has 1 unspecified atom stereocenters. The van der Waals surface area contributed by atoms with Gasteiger partial charge in [0.05, 0.1) is 6.61 Å². The third-order valence-corrected chi connectivity index (χ3v) is 4.84. The fourth-order valence-electron chi connectivity index (χ4n) is 3.30. The van der Waals surface area contributed by atoms with Crippen molar-refractivity contribution in [1.82, 2.24) is 5.32 Å². The number of fused-ring (bicyclic) bond motifs is 1. The molecule has 1 fully saturated rings. The molecule has 2 aliphatic rings. The third kappa shape index (κ3) is 2.64. The van der Waals surface area contributed by atoms with Crippen LogP contribution in [-0.2, 0) is 0 Å². The first-order valence-electron chi connectivity index (χ1n) is 7.64. The van der Waals surface area contributed by atoms with E-state index >= 15 is 0 Å². The zero-order chi connectivity index (χ0) is 13.3. The van der Waals surface area contributed by atoms with Crippen LogP contribution in [0.1, 0.15) is 56.2 Å². The van der Waals surface area contributed by atoms with Crippen LogP contribution in [0.3, 0.4) is 0 Å². The minimum Gasteiger partial charge on any atom is -0.493 e.